The molecule has 1 aromatic rings. The number of sulfone groups is 1. The zero-order chi connectivity index (χ0) is 16.8. The molecule has 2 atom stereocenters. The SMILES string of the molecule is CCC(=O)N=C1SC2CS(=O)(=O)CC2N1c1ccc(C)c(Cl)c1. The lowest BCUT2D eigenvalue weighted by Crippen LogP contribution is -2.37. The minimum atomic E-state index is -3.06. The Labute approximate surface area is 145 Å². The lowest BCUT2D eigenvalue weighted by Gasteiger charge is -2.25. The number of amidine groups is 1. The number of anilines is 1. The van der Waals surface area contributed by atoms with E-state index < -0.39 is 9.84 Å². The highest BCUT2D eigenvalue weighted by Crippen LogP contribution is 2.41. The van der Waals surface area contributed by atoms with E-state index in [1.165, 1.54) is 11.8 Å². The summed E-state index contributed by atoms with van der Waals surface area (Å²) in [6.07, 6.45) is 0.320. The molecular weight excluding hydrogens is 356 g/mol. The fraction of sp³-hybridized carbons (Fsp3) is 0.467. The number of aliphatic imine (C=N–C) groups is 1. The van der Waals surface area contributed by atoms with Gasteiger partial charge in [0.25, 0.3) is 0 Å². The van der Waals surface area contributed by atoms with Crippen molar-refractivity contribution in [2.24, 2.45) is 4.99 Å². The summed E-state index contributed by atoms with van der Waals surface area (Å²) in [6.45, 7) is 3.66. The first-order valence-corrected chi connectivity index (χ1v) is 10.4. The van der Waals surface area contributed by atoms with Gasteiger partial charge >= 0.3 is 0 Å². The topological polar surface area (TPSA) is 66.8 Å². The van der Waals surface area contributed by atoms with Gasteiger partial charge in [-0.25, -0.2) is 8.42 Å². The summed E-state index contributed by atoms with van der Waals surface area (Å²) in [5, 5.41) is 1.09. The Bertz CT molecular complexity index is 792. The Kier molecular flexibility index (Phi) is 4.46. The van der Waals surface area contributed by atoms with Gasteiger partial charge in [0, 0.05) is 22.4 Å². The number of thioether (sulfide) groups is 1. The third-order valence-corrected chi connectivity index (χ3v) is 7.64. The number of nitrogens with zero attached hydrogens (tertiary/aromatic N) is 2. The lowest BCUT2D eigenvalue weighted by atomic mass is 10.1. The summed E-state index contributed by atoms with van der Waals surface area (Å²) in [5.41, 5.74) is 1.72. The number of carbonyl (C=O) groups excluding carboxylic acids is 1. The summed E-state index contributed by atoms with van der Waals surface area (Å²) in [4.78, 5) is 17.8. The second-order valence-corrected chi connectivity index (χ2v) is 9.51. The van der Waals surface area contributed by atoms with Crippen LogP contribution in [0.1, 0.15) is 18.9 Å². The van der Waals surface area contributed by atoms with Crippen molar-refractivity contribution in [1.82, 2.24) is 0 Å². The molecule has 1 aromatic carbocycles. The monoisotopic (exact) mass is 372 g/mol. The number of aryl methyl sites for hydroxylation is 1. The number of benzene rings is 1. The number of hydrogen-bond acceptors (Lipinski definition) is 4. The molecule has 2 aliphatic rings. The minimum Gasteiger partial charge on any atom is -0.316 e. The van der Waals surface area contributed by atoms with E-state index in [0.717, 1.165) is 11.3 Å². The predicted octanol–water partition coefficient (Wildman–Crippen LogP) is 2.66. The summed E-state index contributed by atoms with van der Waals surface area (Å²) < 4.78 is 23.9. The Hall–Kier alpha value is -1.05. The van der Waals surface area contributed by atoms with Gasteiger partial charge in [0.15, 0.2) is 15.0 Å². The number of fused-ring (bicyclic) bond motifs is 1. The molecule has 5 nitrogen and oxygen atoms in total. The van der Waals surface area contributed by atoms with E-state index in [1.807, 2.05) is 24.0 Å². The molecule has 2 aliphatic heterocycles. The number of hydrogen-bond donors (Lipinski definition) is 0. The molecule has 0 radical (unpaired) electrons. The second-order valence-electron chi connectivity index (χ2n) is 5.75. The van der Waals surface area contributed by atoms with E-state index >= 15 is 0 Å². The molecule has 124 valence electrons. The van der Waals surface area contributed by atoms with Gasteiger partial charge in [-0.15, -0.1) is 0 Å². The van der Waals surface area contributed by atoms with Crippen LogP contribution in [0, 0.1) is 6.92 Å². The zero-order valence-electron chi connectivity index (χ0n) is 12.8. The van der Waals surface area contributed by atoms with Crippen LogP contribution in [-0.2, 0) is 14.6 Å². The molecule has 0 spiro atoms. The van der Waals surface area contributed by atoms with Crippen molar-refractivity contribution in [3.63, 3.8) is 0 Å². The van der Waals surface area contributed by atoms with Crippen LogP contribution in [0.3, 0.4) is 0 Å². The van der Waals surface area contributed by atoms with Crippen LogP contribution in [-0.4, -0.2) is 42.3 Å². The number of carbonyl (C=O) groups is 1. The van der Waals surface area contributed by atoms with Crippen molar-refractivity contribution in [3.05, 3.63) is 28.8 Å². The smallest absolute Gasteiger partial charge is 0.247 e. The van der Waals surface area contributed by atoms with Crippen molar-refractivity contribution in [3.8, 4) is 0 Å². The molecule has 0 N–H and O–H groups in total. The van der Waals surface area contributed by atoms with Crippen LogP contribution in [0.4, 0.5) is 5.69 Å². The quantitative estimate of drug-likeness (QED) is 0.798. The molecule has 0 aliphatic carbocycles. The maximum Gasteiger partial charge on any atom is 0.247 e. The first-order chi connectivity index (χ1) is 10.8. The fourth-order valence-corrected chi connectivity index (χ4v) is 6.89. The molecule has 2 heterocycles. The van der Waals surface area contributed by atoms with Crippen molar-refractivity contribution in [2.45, 2.75) is 31.6 Å². The van der Waals surface area contributed by atoms with Gasteiger partial charge < -0.3 is 4.90 Å². The van der Waals surface area contributed by atoms with Crippen molar-refractivity contribution in [1.29, 1.82) is 0 Å². The minimum absolute atomic E-state index is 0.0789. The molecule has 2 unspecified atom stereocenters. The highest BCUT2D eigenvalue weighted by atomic mass is 35.5. The zero-order valence-corrected chi connectivity index (χ0v) is 15.2. The Morgan fingerprint density at radius 2 is 2.17 bits per heavy atom. The van der Waals surface area contributed by atoms with Crippen LogP contribution in [0.15, 0.2) is 23.2 Å². The molecule has 2 saturated heterocycles. The average Bonchev–Trinajstić information content (AvgIpc) is 2.93. The largest absolute Gasteiger partial charge is 0.316 e. The summed E-state index contributed by atoms with van der Waals surface area (Å²) in [5.74, 6) is -0.00804. The van der Waals surface area contributed by atoms with E-state index in [-0.39, 0.29) is 28.7 Å². The van der Waals surface area contributed by atoms with E-state index in [2.05, 4.69) is 4.99 Å². The normalized spacial score (nSPS) is 27.4. The molecule has 0 aromatic heterocycles. The maximum atomic E-state index is 12.0. The van der Waals surface area contributed by atoms with Gasteiger partial charge in [-0.3, -0.25) is 4.79 Å². The van der Waals surface area contributed by atoms with Gasteiger partial charge in [0.05, 0.1) is 17.5 Å². The van der Waals surface area contributed by atoms with E-state index in [4.69, 9.17) is 11.6 Å². The van der Waals surface area contributed by atoms with Crippen LogP contribution in [0.2, 0.25) is 5.02 Å². The number of rotatable bonds is 2. The highest BCUT2D eigenvalue weighted by molar-refractivity contribution is 8.16. The Balaban J connectivity index is 2.04. The summed E-state index contributed by atoms with van der Waals surface area (Å²) in [7, 11) is -3.06. The van der Waals surface area contributed by atoms with Gasteiger partial charge in [-0.2, -0.15) is 4.99 Å². The maximum absolute atomic E-state index is 12.0. The van der Waals surface area contributed by atoms with Gasteiger partial charge in [0.2, 0.25) is 5.91 Å². The fourth-order valence-electron chi connectivity index (χ4n) is 2.78. The van der Waals surface area contributed by atoms with E-state index in [9.17, 15) is 13.2 Å². The predicted molar refractivity (Wildman–Crippen MR) is 95.2 cm³/mol. The standard InChI is InChI=1S/C15H17ClN2O3S2/c1-3-14(19)17-15-18(10-5-4-9(2)11(16)6-10)12-7-23(20,21)8-13(12)22-15/h4-6,12-13H,3,7-8H2,1-2H3. The molecule has 0 saturated carbocycles. The average molecular weight is 373 g/mol. The number of halogens is 1. The molecule has 0 bridgehead atoms. The van der Waals surface area contributed by atoms with Crippen LogP contribution in [0.25, 0.3) is 0 Å². The first-order valence-electron chi connectivity index (χ1n) is 7.34. The van der Waals surface area contributed by atoms with Crippen LogP contribution >= 0.6 is 23.4 Å². The summed E-state index contributed by atoms with van der Waals surface area (Å²) in [6, 6.07) is 5.38. The molecule has 8 heteroatoms. The van der Waals surface area contributed by atoms with Crippen molar-refractivity contribution >= 4 is 50.0 Å². The van der Waals surface area contributed by atoms with Gasteiger partial charge in [-0.1, -0.05) is 36.4 Å². The molecule has 1 amide bonds. The van der Waals surface area contributed by atoms with Crippen molar-refractivity contribution in [2.75, 3.05) is 16.4 Å². The molecular formula is C15H17ClN2O3S2. The Morgan fingerprint density at radius 3 is 2.83 bits per heavy atom. The number of amides is 1. The summed E-state index contributed by atoms with van der Waals surface area (Å²) >= 11 is 7.59. The highest BCUT2D eigenvalue weighted by Gasteiger charge is 2.49. The van der Waals surface area contributed by atoms with Crippen molar-refractivity contribution < 1.29 is 13.2 Å². The second kappa shape index (κ2) is 6.11. The van der Waals surface area contributed by atoms with Crippen LogP contribution in [0.5, 0.6) is 0 Å². The van der Waals surface area contributed by atoms with Crippen LogP contribution < -0.4 is 4.90 Å². The Morgan fingerprint density at radius 1 is 1.43 bits per heavy atom. The molecule has 23 heavy (non-hydrogen) atoms. The lowest BCUT2D eigenvalue weighted by molar-refractivity contribution is -0.117. The molecule has 3 rings (SSSR count). The van der Waals surface area contributed by atoms with Gasteiger partial charge in [-0.05, 0) is 24.6 Å². The van der Waals surface area contributed by atoms with E-state index in [1.54, 1.807) is 13.0 Å². The third kappa shape index (κ3) is 3.27. The third-order valence-electron chi connectivity index (χ3n) is 4.02. The first kappa shape index (κ1) is 16.8. The molecule has 2 fully saturated rings. The van der Waals surface area contributed by atoms with E-state index in [0.29, 0.717) is 16.6 Å². The van der Waals surface area contributed by atoms with Gasteiger partial charge in [0.1, 0.15) is 0 Å².